The first kappa shape index (κ1) is 18.7. The van der Waals surface area contributed by atoms with E-state index in [9.17, 15) is 4.79 Å². The summed E-state index contributed by atoms with van der Waals surface area (Å²) in [6.07, 6.45) is 2.72. The third kappa shape index (κ3) is 3.67. The van der Waals surface area contributed by atoms with E-state index in [4.69, 9.17) is 9.78 Å². The summed E-state index contributed by atoms with van der Waals surface area (Å²) in [6, 6.07) is 10.0. The van der Waals surface area contributed by atoms with Gasteiger partial charge >= 0.3 is 0 Å². The molecule has 1 aromatic carbocycles. The number of aryl methyl sites for hydroxylation is 2. The minimum absolute atomic E-state index is 0.0983. The molecule has 0 N–H and O–H groups in total. The predicted octanol–water partition coefficient (Wildman–Crippen LogP) is 3.18. The van der Waals surface area contributed by atoms with Crippen LogP contribution in [0.3, 0.4) is 0 Å². The van der Waals surface area contributed by atoms with E-state index in [-0.39, 0.29) is 11.3 Å². The Hall–Kier alpha value is -2.65. The topological polar surface area (TPSA) is 73.4 Å². The summed E-state index contributed by atoms with van der Waals surface area (Å²) in [5.41, 5.74) is 3.90. The second kappa shape index (κ2) is 7.40. The molecule has 0 radical (unpaired) electrons. The van der Waals surface area contributed by atoms with E-state index < -0.39 is 0 Å². The molecule has 0 bridgehead atoms. The van der Waals surface area contributed by atoms with E-state index >= 15 is 0 Å². The molecule has 6 heteroatoms. The standard InChI is InChI=1S/C22H26N4O2/c1-16-20(17(2)28-24-16)14-26-15-22(11-21(26)27)6-8-25(9-7-22)13-19-5-3-4-18(10-19)12-23/h3-5,10H,6-9,11,13-15H2,1-2H3. The van der Waals surface area contributed by atoms with Crippen LogP contribution in [-0.4, -0.2) is 40.5 Å². The van der Waals surface area contributed by atoms with Gasteiger partial charge in [-0.05, 0) is 62.9 Å². The van der Waals surface area contributed by atoms with Gasteiger partial charge in [0.25, 0.3) is 0 Å². The summed E-state index contributed by atoms with van der Waals surface area (Å²) >= 11 is 0. The lowest BCUT2D eigenvalue weighted by molar-refractivity contribution is -0.128. The second-order valence-electron chi connectivity index (χ2n) is 8.32. The first-order valence-electron chi connectivity index (χ1n) is 9.89. The lowest BCUT2D eigenvalue weighted by Gasteiger charge is -2.38. The molecular formula is C22H26N4O2. The number of nitriles is 1. The maximum atomic E-state index is 12.7. The van der Waals surface area contributed by atoms with Crippen LogP contribution in [0.1, 0.15) is 47.4 Å². The van der Waals surface area contributed by atoms with Crippen LogP contribution in [0.5, 0.6) is 0 Å². The zero-order valence-corrected chi connectivity index (χ0v) is 16.6. The van der Waals surface area contributed by atoms with Gasteiger partial charge in [0.05, 0.1) is 23.9 Å². The van der Waals surface area contributed by atoms with Crippen LogP contribution in [0.15, 0.2) is 28.8 Å². The highest BCUT2D eigenvalue weighted by Crippen LogP contribution is 2.42. The maximum Gasteiger partial charge on any atom is 0.223 e. The summed E-state index contributed by atoms with van der Waals surface area (Å²) in [5, 5.41) is 13.1. The highest BCUT2D eigenvalue weighted by atomic mass is 16.5. The van der Waals surface area contributed by atoms with Crippen molar-refractivity contribution in [2.75, 3.05) is 19.6 Å². The number of aromatic nitrogens is 1. The predicted molar refractivity (Wildman–Crippen MR) is 104 cm³/mol. The van der Waals surface area contributed by atoms with E-state index in [1.165, 1.54) is 5.56 Å². The van der Waals surface area contributed by atoms with Gasteiger partial charge in [0.15, 0.2) is 0 Å². The van der Waals surface area contributed by atoms with Crippen LogP contribution in [0.2, 0.25) is 0 Å². The number of carbonyl (C=O) groups excluding carboxylic acids is 1. The van der Waals surface area contributed by atoms with Gasteiger partial charge in [-0.3, -0.25) is 9.69 Å². The summed E-state index contributed by atoms with van der Waals surface area (Å²) < 4.78 is 5.25. The molecule has 2 aromatic rings. The number of benzene rings is 1. The zero-order valence-electron chi connectivity index (χ0n) is 16.6. The third-order valence-electron chi connectivity index (χ3n) is 6.31. The van der Waals surface area contributed by atoms with Crippen molar-refractivity contribution in [3.63, 3.8) is 0 Å². The monoisotopic (exact) mass is 378 g/mol. The van der Waals surface area contributed by atoms with Gasteiger partial charge in [0.2, 0.25) is 5.91 Å². The van der Waals surface area contributed by atoms with Crippen molar-refractivity contribution < 1.29 is 9.32 Å². The Balaban J connectivity index is 1.36. The summed E-state index contributed by atoms with van der Waals surface area (Å²) in [6.45, 7) is 8.11. The van der Waals surface area contributed by atoms with Gasteiger partial charge < -0.3 is 9.42 Å². The lowest BCUT2D eigenvalue weighted by atomic mass is 9.77. The second-order valence-corrected chi connectivity index (χ2v) is 8.32. The molecule has 2 saturated heterocycles. The minimum atomic E-state index is 0.0983. The molecule has 1 amide bonds. The van der Waals surface area contributed by atoms with Crippen LogP contribution in [0.4, 0.5) is 0 Å². The molecule has 2 aliphatic heterocycles. The van der Waals surface area contributed by atoms with E-state index in [0.29, 0.717) is 18.5 Å². The van der Waals surface area contributed by atoms with Crippen molar-refractivity contribution in [3.05, 3.63) is 52.4 Å². The molecule has 28 heavy (non-hydrogen) atoms. The van der Waals surface area contributed by atoms with Crippen molar-refractivity contribution in [1.29, 1.82) is 5.26 Å². The average Bonchev–Trinajstić information content (AvgIpc) is 3.17. The van der Waals surface area contributed by atoms with E-state index in [1.54, 1.807) is 0 Å². The van der Waals surface area contributed by atoms with Crippen molar-refractivity contribution in [1.82, 2.24) is 15.0 Å². The number of rotatable bonds is 4. The van der Waals surface area contributed by atoms with Gasteiger partial charge in [-0.25, -0.2) is 0 Å². The third-order valence-corrected chi connectivity index (χ3v) is 6.31. The largest absolute Gasteiger partial charge is 0.361 e. The first-order chi connectivity index (χ1) is 13.5. The van der Waals surface area contributed by atoms with Crippen LogP contribution < -0.4 is 0 Å². The zero-order chi connectivity index (χ0) is 19.7. The molecule has 0 saturated carbocycles. The van der Waals surface area contributed by atoms with Crippen LogP contribution in [0, 0.1) is 30.6 Å². The Labute approximate surface area is 165 Å². The molecule has 3 heterocycles. The van der Waals surface area contributed by atoms with Gasteiger partial charge in [0.1, 0.15) is 5.76 Å². The van der Waals surface area contributed by atoms with E-state index in [0.717, 1.165) is 56.0 Å². The van der Waals surface area contributed by atoms with Crippen molar-refractivity contribution in [2.45, 2.75) is 46.2 Å². The smallest absolute Gasteiger partial charge is 0.223 e. The Morgan fingerprint density at radius 3 is 2.71 bits per heavy atom. The molecule has 2 fully saturated rings. The van der Waals surface area contributed by atoms with Crippen molar-refractivity contribution in [3.8, 4) is 6.07 Å². The molecule has 1 spiro atoms. The number of likely N-dealkylation sites (tertiary alicyclic amines) is 2. The summed E-state index contributed by atoms with van der Waals surface area (Å²) in [5.74, 6) is 1.05. The Bertz CT molecular complexity index is 899. The van der Waals surface area contributed by atoms with Crippen LogP contribution >= 0.6 is 0 Å². The molecule has 1 aromatic heterocycles. The van der Waals surface area contributed by atoms with Gasteiger partial charge in [-0.15, -0.1) is 0 Å². The summed E-state index contributed by atoms with van der Waals surface area (Å²) in [4.78, 5) is 17.1. The fourth-order valence-electron chi connectivity index (χ4n) is 4.56. The normalized spacial score (nSPS) is 19.3. The quantitative estimate of drug-likeness (QED) is 0.817. The van der Waals surface area contributed by atoms with Crippen LogP contribution in [-0.2, 0) is 17.9 Å². The number of amides is 1. The van der Waals surface area contributed by atoms with Gasteiger partial charge in [0, 0.05) is 25.1 Å². The Morgan fingerprint density at radius 1 is 1.25 bits per heavy atom. The molecule has 0 unspecified atom stereocenters. The highest BCUT2D eigenvalue weighted by Gasteiger charge is 2.45. The average molecular weight is 378 g/mol. The molecular weight excluding hydrogens is 352 g/mol. The van der Waals surface area contributed by atoms with Crippen LogP contribution in [0.25, 0.3) is 0 Å². The fraction of sp³-hybridized carbons (Fsp3) is 0.500. The molecule has 6 nitrogen and oxygen atoms in total. The highest BCUT2D eigenvalue weighted by molar-refractivity contribution is 5.79. The number of carbonyl (C=O) groups is 1. The SMILES string of the molecule is Cc1noc(C)c1CN1CC2(CCN(Cc3cccc(C#N)c3)CC2)CC1=O. The van der Waals surface area contributed by atoms with E-state index in [1.807, 2.05) is 36.9 Å². The minimum Gasteiger partial charge on any atom is -0.361 e. The summed E-state index contributed by atoms with van der Waals surface area (Å²) in [7, 11) is 0. The fourth-order valence-corrected chi connectivity index (χ4v) is 4.56. The Kier molecular flexibility index (Phi) is 4.94. The lowest BCUT2D eigenvalue weighted by Crippen LogP contribution is -2.41. The number of nitrogens with zero attached hydrogens (tertiary/aromatic N) is 4. The molecule has 146 valence electrons. The van der Waals surface area contributed by atoms with Crippen molar-refractivity contribution >= 4 is 5.91 Å². The Morgan fingerprint density at radius 2 is 2.04 bits per heavy atom. The number of hydrogen-bond acceptors (Lipinski definition) is 5. The first-order valence-corrected chi connectivity index (χ1v) is 9.89. The molecule has 2 aliphatic rings. The maximum absolute atomic E-state index is 12.7. The number of hydrogen-bond donors (Lipinski definition) is 0. The van der Waals surface area contributed by atoms with E-state index in [2.05, 4.69) is 22.2 Å². The molecule has 4 rings (SSSR count). The van der Waals surface area contributed by atoms with Gasteiger partial charge in [-0.2, -0.15) is 5.26 Å². The van der Waals surface area contributed by atoms with Crippen molar-refractivity contribution in [2.24, 2.45) is 5.41 Å². The molecule has 0 aliphatic carbocycles. The van der Waals surface area contributed by atoms with Gasteiger partial charge in [-0.1, -0.05) is 17.3 Å². The molecule has 0 atom stereocenters. The number of piperidine rings is 1.